The quantitative estimate of drug-likeness (QED) is 0.569. The molecule has 0 bridgehead atoms. The molecule has 0 saturated carbocycles. The van der Waals surface area contributed by atoms with Gasteiger partial charge in [-0.3, -0.25) is 0 Å². The molecule has 0 aromatic heterocycles. The summed E-state index contributed by atoms with van der Waals surface area (Å²) in [5, 5.41) is 0. The zero-order valence-electron chi connectivity index (χ0n) is 16.6. The molecule has 0 N–H and O–H groups in total. The predicted octanol–water partition coefficient (Wildman–Crippen LogP) is 3.78. The number of methoxy groups -OCH3 is 2. The summed E-state index contributed by atoms with van der Waals surface area (Å²) in [6.45, 7) is 2.10. The highest BCUT2D eigenvalue weighted by atomic mass is 79.9. The van der Waals surface area contributed by atoms with Gasteiger partial charge >= 0.3 is 0 Å². The molecular formula is C21H26BrNO5S. The maximum absolute atomic E-state index is 12.5. The summed E-state index contributed by atoms with van der Waals surface area (Å²) in [5.41, 5.74) is 0. The van der Waals surface area contributed by atoms with E-state index in [0.717, 1.165) is 30.4 Å². The fraction of sp³-hybridized carbons (Fsp3) is 0.429. The molecule has 0 spiro atoms. The molecule has 0 radical (unpaired) electrons. The SMILES string of the molecule is COc1cccc(OC)c1OC1CCN(CCS(=O)(=O)c2ccc(Br)cc2)CC1. The van der Waals surface area contributed by atoms with E-state index in [0.29, 0.717) is 28.7 Å². The Morgan fingerprint density at radius 1 is 1.00 bits per heavy atom. The lowest BCUT2D eigenvalue weighted by Gasteiger charge is -2.32. The zero-order chi connectivity index (χ0) is 20.9. The molecule has 0 aliphatic carbocycles. The molecule has 8 heteroatoms. The van der Waals surface area contributed by atoms with Crippen molar-refractivity contribution in [2.45, 2.75) is 23.8 Å². The second kappa shape index (κ2) is 9.82. The van der Waals surface area contributed by atoms with Crippen LogP contribution < -0.4 is 14.2 Å². The van der Waals surface area contributed by atoms with E-state index in [1.807, 2.05) is 18.2 Å². The van der Waals surface area contributed by atoms with Crippen molar-refractivity contribution < 1.29 is 22.6 Å². The standard InChI is InChI=1S/C21H26BrNO5S/c1-26-19-4-3-5-20(27-2)21(19)28-17-10-12-23(13-11-17)14-15-29(24,25)18-8-6-16(22)7-9-18/h3-9,17H,10-15H2,1-2H3. The van der Waals surface area contributed by atoms with E-state index >= 15 is 0 Å². The molecule has 1 aliphatic heterocycles. The monoisotopic (exact) mass is 483 g/mol. The number of hydrogen-bond acceptors (Lipinski definition) is 6. The van der Waals surface area contributed by atoms with Crippen LogP contribution in [-0.2, 0) is 9.84 Å². The van der Waals surface area contributed by atoms with Crippen molar-refractivity contribution in [3.8, 4) is 17.2 Å². The minimum atomic E-state index is -3.28. The van der Waals surface area contributed by atoms with Gasteiger partial charge in [-0.15, -0.1) is 0 Å². The number of rotatable bonds is 8. The lowest BCUT2D eigenvalue weighted by Crippen LogP contribution is -2.40. The van der Waals surface area contributed by atoms with Crippen molar-refractivity contribution >= 4 is 25.8 Å². The van der Waals surface area contributed by atoms with E-state index in [-0.39, 0.29) is 11.9 Å². The molecule has 1 aliphatic rings. The molecule has 3 rings (SSSR count). The summed E-state index contributed by atoms with van der Waals surface area (Å²) in [4.78, 5) is 2.54. The van der Waals surface area contributed by atoms with Crippen LogP contribution in [0.5, 0.6) is 17.2 Å². The first-order valence-corrected chi connectivity index (χ1v) is 12.0. The Kier molecular flexibility index (Phi) is 7.43. The summed E-state index contributed by atoms with van der Waals surface area (Å²) in [6.07, 6.45) is 1.68. The first-order valence-electron chi connectivity index (χ1n) is 9.51. The van der Waals surface area contributed by atoms with Gasteiger partial charge in [-0.1, -0.05) is 22.0 Å². The van der Waals surface area contributed by atoms with Crippen molar-refractivity contribution in [2.24, 2.45) is 0 Å². The number of ether oxygens (including phenoxy) is 3. The minimum absolute atomic E-state index is 0.0412. The van der Waals surface area contributed by atoms with Crippen molar-refractivity contribution in [3.63, 3.8) is 0 Å². The highest BCUT2D eigenvalue weighted by molar-refractivity contribution is 9.10. The van der Waals surface area contributed by atoms with Crippen LogP contribution in [0.25, 0.3) is 0 Å². The summed E-state index contributed by atoms with van der Waals surface area (Å²) in [6, 6.07) is 12.3. The van der Waals surface area contributed by atoms with E-state index in [1.165, 1.54) is 0 Å². The first kappa shape index (κ1) is 21.9. The van der Waals surface area contributed by atoms with E-state index in [2.05, 4.69) is 20.8 Å². The van der Waals surface area contributed by atoms with E-state index in [9.17, 15) is 8.42 Å². The molecule has 2 aromatic rings. The lowest BCUT2D eigenvalue weighted by atomic mass is 10.1. The number of sulfone groups is 1. The minimum Gasteiger partial charge on any atom is -0.493 e. The van der Waals surface area contributed by atoms with Gasteiger partial charge in [0.25, 0.3) is 0 Å². The second-order valence-electron chi connectivity index (χ2n) is 6.92. The molecule has 29 heavy (non-hydrogen) atoms. The summed E-state index contributed by atoms with van der Waals surface area (Å²) in [5.74, 6) is 2.02. The maximum atomic E-state index is 12.5. The maximum Gasteiger partial charge on any atom is 0.203 e. The Balaban J connectivity index is 1.53. The number of hydrogen-bond donors (Lipinski definition) is 0. The normalized spacial score (nSPS) is 15.8. The van der Waals surface area contributed by atoms with Crippen molar-refractivity contribution in [2.75, 3.05) is 39.6 Å². The fourth-order valence-electron chi connectivity index (χ4n) is 3.36. The molecule has 0 unspecified atom stereocenters. The first-order chi connectivity index (χ1) is 13.9. The van der Waals surface area contributed by atoms with Gasteiger partial charge in [0, 0.05) is 24.1 Å². The topological polar surface area (TPSA) is 65.1 Å². The van der Waals surface area contributed by atoms with Crippen LogP contribution in [0.1, 0.15) is 12.8 Å². The van der Waals surface area contributed by atoms with Crippen LogP contribution in [0.3, 0.4) is 0 Å². The summed E-state index contributed by atoms with van der Waals surface area (Å²) in [7, 11) is -0.0688. The van der Waals surface area contributed by atoms with Crippen molar-refractivity contribution in [1.29, 1.82) is 0 Å². The molecule has 1 heterocycles. The Morgan fingerprint density at radius 3 is 2.14 bits per heavy atom. The van der Waals surface area contributed by atoms with Gasteiger partial charge in [-0.25, -0.2) is 8.42 Å². The Morgan fingerprint density at radius 2 is 1.59 bits per heavy atom. The van der Waals surface area contributed by atoms with Crippen molar-refractivity contribution in [1.82, 2.24) is 4.90 Å². The van der Waals surface area contributed by atoms with Gasteiger partial charge < -0.3 is 19.1 Å². The third-order valence-corrected chi connectivity index (χ3v) is 7.29. The van der Waals surface area contributed by atoms with E-state index in [4.69, 9.17) is 14.2 Å². The van der Waals surface area contributed by atoms with Gasteiger partial charge in [0.15, 0.2) is 21.3 Å². The van der Waals surface area contributed by atoms with Gasteiger partial charge in [0.2, 0.25) is 5.75 Å². The van der Waals surface area contributed by atoms with Crippen molar-refractivity contribution in [3.05, 3.63) is 46.9 Å². The number of likely N-dealkylation sites (tertiary alicyclic amines) is 1. The predicted molar refractivity (Wildman–Crippen MR) is 116 cm³/mol. The average molecular weight is 484 g/mol. The molecular weight excluding hydrogens is 458 g/mol. The number of benzene rings is 2. The molecule has 6 nitrogen and oxygen atoms in total. The van der Waals surface area contributed by atoms with Crippen LogP contribution in [-0.4, -0.2) is 59.0 Å². The molecule has 1 saturated heterocycles. The third-order valence-electron chi connectivity index (χ3n) is 5.05. The summed E-state index contributed by atoms with van der Waals surface area (Å²) < 4.78 is 42.9. The number of nitrogens with zero attached hydrogens (tertiary/aromatic N) is 1. The Hall–Kier alpha value is -1.77. The van der Waals surface area contributed by atoms with Crippen LogP contribution >= 0.6 is 15.9 Å². The number of para-hydroxylation sites is 1. The van der Waals surface area contributed by atoms with Crippen LogP contribution in [0.2, 0.25) is 0 Å². The molecule has 158 valence electrons. The van der Waals surface area contributed by atoms with Crippen LogP contribution in [0.4, 0.5) is 0 Å². The van der Waals surface area contributed by atoms with Gasteiger partial charge in [0.1, 0.15) is 6.10 Å². The largest absolute Gasteiger partial charge is 0.493 e. The highest BCUT2D eigenvalue weighted by Crippen LogP contribution is 2.38. The van der Waals surface area contributed by atoms with Crippen LogP contribution in [0, 0.1) is 0 Å². The fourth-order valence-corrected chi connectivity index (χ4v) is 4.91. The Labute approximate surface area is 180 Å². The number of piperidine rings is 1. The smallest absolute Gasteiger partial charge is 0.203 e. The van der Waals surface area contributed by atoms with E-state index in [1.54, 1.807) is 38.5 Å². The molecule has 1 fully saturated rings. The Bertz CT molecular complexity index is 887. The average Bonchev–Trinajstić information content (AvgIpc) is 2.73. The third kappa shape index (κ3) is 5.65. The lowest BCUT2D eigenvalue weighted by molar-refractivity contribution is 0.0983. The molecule has 0 amide bonds. The van der Waals surface area contributed by atoms with Gasteiger partial charge in [-0.05, 0) is 49.2 Å². The van der Waals surface area contributed by atoms with E-state index < -0.39 is 9.84 Å². The second-order valence-corrected chi connectivity index (χ2v) is 9.95. The molecule has 0 atom stereocenters. The summed E-state index contributed by atoms with van der Waals surface area (Å²) >= 11 is 3.33. The number of halogens is 1. The van der Waals surface area contributed by atoms with Gasteiger partial charge in [0.05, 0.1) is 24.9 Å². The highest BCUT2D eigenvalue weighted by Gasteiger charge is 2.25. The zero-order valence-corrected chi connectivity index (χ0v) is 19.0. The molecule has 2 aromatic carbocycles. The van der Waals surface area contributed by atoms with Gasteiger partial charge in [-0.2, -0.15) is 0 Å². The van der Waals surface area contributed by atoms with Crippen LogP contribution in [0.15, 0.2) is 51.8 Å².